The van der Waals surface area contributed by atoms with Gasteiger partial charge in [0.1, 0.15) is 11.8 Å². The van der Waals surface area contributed by atoms with Crippen LogP contribution in [0.1, 0.15) is 37.5 Å². The van der Waals surface area contributed by atoms with Gasteiger partial charge in [-0.1, -0.05) is 6.07 Å². The maximum absolute atomic E-state index is 12.0. The second-order valence-corrected chi connectivity index (χ2v) is 6.05. The Morgan fingerprint density at radius 1 is 1.22 bits per heavy atom. The van der Waals surface area contributed by atoms with E-state index in [-0.39, 0.29) is 11.5 Å². The Morgan fingerprint density at radius 3 is 2.63 bits per heavy atom. The van der Waals surface area contributed by atoms with Crippen LogP contribution in [0.15, 0.2) is 24.5 Å². The van der Waals surface area contributed by atoms with Crippen molar-refractivity contribution in [3.63, 3.8) is 0 Å². The normalized spacial score (nSPS) is 10.8. The van der Waals surface area contributed by atoms with Crippen LogP contribution in [0, 0.1) is 20.8 Å². The molecule has 0 saturated carbocycles. The Labute approximate surface area is 154 Å². The predicted octanol–water partition coefficient (Wildman–Crippen LogP) is 2.39. The number of benzene rings is 1. The van der Waals surface area contributed by atoms with Crippen molar-refractivity contribution in [3.05, 3.63) is 52.5 Å². The molecule has 3 N–H and O–H groups in total. The zero-order chi connectivity index (χ0) is 19.7. The SMILES string of the molecule is CONC(=O)c1ccc(C)c(Nc2ncnn3c(C)c(C(=O)O)c(C)c23)c1. The molecular formula is C18H19N5O4. The third-order valence-electron chi connectivity index (χ3n) is 4.36. The number of nitrogens with one attached hydrogen (secondary N) is 2. The molecule has 140 valence electrons. The molecule has 0 aliphatic carbocycles. The van der Waals surface area contributed by atoms with Crippen LogP contribution in [0.5, 0.6) is 0 Å². The molecule has 0 saturated heterocycles. The molecule has 2 heterocycles. The third-order valence-corrected chi connectivity index (χ3v) is 4.36. The maximum Gasteiger partial charge on any atom is 0.337 e. The summed E-state index contributed by atoms with van der Waals surface area (Å²) in [6.07, 6.45) is 1.35. The highest BCUT2D eigenvalue weighted by Gasteiger charge is 2.22. The lowest BCUT2D eigenvalue weighted by Crippen LogP contribution is -2.21. The van der Waals surface area contributed by atoms with Gasteiger partial charge in [0.05, 0.1) is 18.4 Å². The molecule has 3 rings (SSSR count). The summed E-state index contributed by atoms with van der Waals surface area (Å²) in [4.78, 5) is 32.5. The lowest BCUT2D eigenvalue weighted by molar-refractivity contribution is 0.0537. The molecule has 9 nitrogen and oxygen atoms in total. The zero-order valence-electron chi connectivity index (χ0n) is 15.3. The van der Waals surface area contributed by atoms with Crippen LogP contribution >= 0.6 is 0 Å². The third kappa shape index (κ3) is 3.20. The Morgan fingerprint density at radius 2 is 1.96 bits per heavy atom. The number of nitrogens with zero attached hydrogens (tertiary/aromatic N) is 3. The number of rotatable bonds is 5. The van der Waals surface area contributed by atoms with E-state index < -0.39 is 5.97 Å². The molecule has 1 aromatic carbocycles. The number of hydrogen-bond acceptors (Lipinski definition) is 6. The Kier molecular flexibility index (Phi) is 4.78. The highest BCUT2D eigenvalue weighted by molar-refractivity contribution is 5.97. The van der Waals surface area contributed by atoms with E-state index >= 15 is 0 Å². The van der Waals surface area contributed by atoms with Gasteiger partial charge < -0.3 is 10.4 Å². The van der Waals surface area contributed by atoms with Crippen LogP contribution in [0.2, 0.25) is 0 Å². The van der Waals surface area contributed by atoms with E-state index in [2.05, 4.69) is 25.7 Å². The van der Waals surface area contributed by atoms with Gasteiger partial charge in [-0.15, -0.1) is 0 Å². The van der Waals surface area contributed by atoms with Crippen molar-refractivity contribution in [1.29, 1.82) is 0 Å². The van der Waals surface area contributed by atoms with Gasteiger partial charge in [0.25, 0.3) is 5.91 Å². The zero-order valence-corrected chi connectivity index (χ0v) is 15.3. The first-order valence-corrected chi connectivity index (χ1v) is 8.12. The summed E-state index contributed by atoms with van der Waals surface area (Å²) in [5.41, 5.74) is 6.08. The van der Waals surface area contributed by atoms with Crippen LogP contribution in [0.3, 0.4) is 0 Å². The smallest absolute Gasteiger partial charge is 0.337 e. The number of carboxylic acids is 1. The van der Waals surface area contributed by atoms with Crippen molar-refractivity contribution >= 4 is 28.9 Å². The van der Waals surface area contributed by atoms with Gasteiger partial charge in [-0.05, 0) is 44.0 Å². The van der Waals surface area contributed by atoms with E-state index in [9.17, 15) is 14.7 Å². The van der Waals surface area contributed by atoms with Gasteiger partial charge in [0.15, 0.2) is 5.82 Å². The Hall–Kier alpha value is -3.46. The first kappa shape index (κ1) is 18.3. The number of fused-ring (bicyclic) bond motifs is 1. The summed E-state index contributed by atoms with van der Waals surface area (Å²) in [6.45, 7) is 5.30. The summed E-state index contributed by atoms with van der Waals surface area (Å²) in [5.74, 6) is -0.947. The van der Waals surface area contributed by atoms with Gasteiger partial charge in [-0.25, -0.2) is 19.8 Å². The number of hydroxylamine groups is 1. The fourth-order valence-corrected chi connectivity index (χ4v) is 3.02. The summed E-state index contributed by atoms with van der Waals surface area (Å²) >= 11 is 0. The molecule has 27 heavy (non-hydrogen) atoms. The molecule has 0 aliphatic rings. The molecule has 0 unspecified atom stereocenters. The molecule has 0 atom stereocenters. The number of carbonyl (C=O) groups is 2. The average molecular weight is 369 g/mol. The van der Waals surface area contributed by atoms with Crippen molar-refractivity contribution in [3.8, 4) is 0 Å². The summed E-state index contributed by atoms with van der Waals surface area (Å²) in [5, 5.41) is 16.8. The Bertz CT molecular complexity index is 1060. The highest BCUT2D eigenvalue weighted by Crippen LogP contribution is 2.29. The van der Waals surface area contributed by atoms with Gasteiger partial charge in [0, 0.05) is 11.3 Å². The van der Waals surface area contributed by atoms with E-state index in [0.717, 1.165) is 5.56 Å². The van der Waals surface area contributed by atoms with E-state index in [1.54, 1.807) is 36.6 Å². The van der Waals surface area contributed by atoms with Crippen LogP contribution < -0.4 is 10.8 Å². The number of aryl methyl sites for hydroxylation is 3. The van der Waals surface area contributed by atoms with Crippen LogP contribution in [-0.4, -0.2) is 38.7 Å². The first-order valence-electron chi connectivity index (χ1n) is 8.12. The van der Waals surface area contributed by atoms with Crippen LogP contribution in [0.25, 0.3) is 5.52 Å². The largest absolute Gasteiger partial charge is 0.478 e. The second-order valence-electron chi connectivity index (χ2n) is 6.05. The summed E-state index contributed by atoms with van der Waals surface area (Å²) in [7, 11) is 1.36. The number of anilines is 2. The van der Waals surface area contributed by atoms with E-state index in [4.69, 9.17) is 0 Å². The summed E-state index contributed by atoms with van der Waals surface area (Å²) < 4.78 is 1.55. The lowest BCUT2D eigenvalue weighted by Gasteiger charge is -2.12. The summed E-state index contributed by atoms with van der Waals surface area (Å²) in [6, 6.07) is 5.15. The van der Waals surface area contributed by atoms with Crippen LogP contribution in [-0.2, 0) is 4.84 Å². The molecule has 0 fully saturated rings. The number of amides is 1. The van der Waals surface area contributed by atoms with Gasteiger partial charge in [-0.3, -0.25) is 9.63 Å². The molecule has 0 radical (unpaired) electrons. The van der Waals surface area contributed by atoms with Gasteiger partial charge in [0.2, 0.25) is 0 Å². The van der Waals surface area contributed by atoms with Crippen molar-refractivity contribution in [1.82, 2.24) is 20.1 Å². The first-order chi connectivity index (χ1) is 12.8. The van der Waals surface area contributed by atoms with Crippen LogP contribution in [0.4, 0.5) is 11.5 Å². The van der Waals surface area contributed by atoms with E-state index in [1.807, 2.05) is 6.92 Å². The minimum Gasteiger partial charge on any atom is -0.478 e. The molecule has 0 bridgehead atoms. The van der Waals surface area contributed by atoms with Gasteiger partial charge >= 0.3 is 5.97 Å². The highest BCUT2D eigenvalue weighted by atomic mass is 16.6. The van der Waals surface area contributed by atoms with Crippen molar-refractivity contribution in [2.45, 2.75) is 20.8 Å². The molecule has 9 heteroatoms. The number of carboxylic acid groups (broad SMARTS) is 1. The Balaban J connectivity index is 2.10. The molecule has 0 spiro atoms. The van der Waals surface area contributed by atoms with E-state index in [0.29, 0.717) is 33.8 Å². The maximum atomic E-state index is 12.0. The van der Waals surface area contributed by atoms with Crippen molar-refractivity contribution in [2.75, 3.05) is 12.4 Å². The number of hydrogen-bond donors (Lipinski definition) is 3. The molecule has 1 amide bonds. The minimum atomic E-state index is -1.02. The quantitative estimate of drug-likeness (QED) is 0.591. The lowest BCUT2D eigenvalue weighted by atomic mass is 10.1. The fourth-order valence-electron chi connectivity index (χ4n) is 3.02. The van der Waals surface area contributed by atoms with Crippen molar-refractivity contribution < 1.29 is 19.5 Å². The number of carbonyl (C=O) groups excluding carboxylic acids is 1. The molecule has 0 aliphatic heterocycles. The van der Waals surface area contributed by atoms with Gasteiger partial charge in [-0.2, -0.15) is 5.10 Å². The molecule has 2 aromatic heterocycles. The van der Waals surface area contributed by atoms with E-state index in [1.165, 1.54) is 13.4 Å². The standard InChI is InChI=1S/C18H19N5O4/c1-9-5-6-12(17(24)22-27-4)7-13(9)21-16-15-10(2)14(18(25)26)11(3)23(15)20-8-19-16/h5-8H,1-4H3,(H,22,24)(H,25,26)(H,19,20,21). The fraction of sp³-hybridized carbons (Fsp3) is 0.222. The molecule has 3 aromatic rings. The second kappa shape index (κ2) is 7.04. The topological polar surface area (TPSA) is 118 Å². The van der Waals surface area contributed by atoms with Crippen molar-refractivity contribution in [2.24, 2.45) is 0 Å². The number of aromatic nitrogens is 3. The predicted molar refractivity (Wildman–Crippen MR) is 98.4 cm³/mol. The number of aromatic carboxylic acids is 1. The monoisotopic (exact) mass is 369 g/mol. The molecular weight excluding hydrogens is 350 g/mol. The minimum absolute atomic E-state index is 0.198. The average Bonchev–Trinajstić information content (AvgIpc) is 2.89.